The Balaban J connectivity index is 0.0000000915. The first-order valence-electron chi connectivity index (χ1n) is 34.2. The number of rotatable bonds is 15. The average Bonchev–Trinajstić information content (AvgIpc) is 1.51. The van der Waals surface area contributed by atoms with E-state index >= 15 is 0 Å². The SMILES string of the molecule is CCC1C2[C@H](O)OC([C@H]3NC3CO[Si](C)(C)C(C)(C)C)N12.O[C@@H]1OC([C@@H]2CN2)N2CC12.O[C@@H]1OC([C@H]2NC2c2ccccc2)N2C(c3ccccc3)C12.O[C@@H]1OC([C@H]2NC2c2cccs2)N2C(c3cccs3)C12.O[C@@H]1OC([C@]2(c3ccccc3)CN2)N2CC12c1ccccc1. The maximum Gasteiger partial charge on any atom is 0.192 e. The van der Waals surface area contributed by atoms with Gasteiger partial charge in [-0.05, 0) is 69.7 Å². The van der Waals surface area contributed by atoms with Crippen molar-refractivity contribution in [3.63, 3.8) is 0 Å². The van der Waals surface area contributed by atoms with E-state index in [0.29, 0.717) is 54.4 Å². The van der Waals surface area contributed by atoms with Crippen molar-refractivity contribution in [2.45, 2.75) is 211 Å². The van der Waals surface area contributed by atoms with Crippen molar-refractivity contribution in [1.29, 1.82) is 0 Å². The molecule has 0 radical (unpaired) electrons. The van der Waals surface area contributed by atoms with Gasteiger partial charge in [-0.1, -0.05) is 161 Å². The van der Waals surface area contributed by atoms with Crippen LogP contribution in [0.4, 0.5) is 0 Å². The van der Waals surface area contributed by atoms with Gasteiger partial charge in [0.25, 0.3) is 0 Å². The Morgan fingerprint density at radius 1 is 0.589 bits per heavy atom. The van der Waals surface area contributed by atoms with Gasteiger partial charge in [-0.3, -0.25) is 29.8 Å². The van der Waals surface area contributed by atoms with Crippen molar-refractivity contribution >= 4 is 31.0 Å². The van der Waals surface area contributed by atoms with E-state index in [0.717, 1.165) is 44.8 Å². The second-order valence-electron chi connectivity index (χ2n) is 29.6. The van der Waals surface area contributed by atoms with Gasteiger partial charge in [-0.15, -0.1) is 22.7 Å². The maximum absolute atomic E-state index is 10.6. The molecule has 15 aliphatic heterocycles. The summed E-state index contributed by atoms with van der Waals surface area (Å²) >= 11 is 3.53. The predicted octanol–water partition coefficient (Wildman–Crippen LogP) is 4.90. The van der Waals surface area contributed by atoms with E-state index < -0.39 is 39.8 Å². The summed E-state index contributed by atoms with van der Waals surface area (Å²) in [6, 6.07) is 54.2. The largest absolute Gasteiger partial charge is 0.415 e. The zero-order chi connectivity index (χ0) is 65.0. The number of thiophene rings is 2. The zero-order valence-electron chi connectivity index (χ0n) is 54.3. The fourth-order valence-corrected chi connectivity index (χ4v) is 18.6. The van der Waals surface area contributed by atoms with Gasteiger partial charge in [0.05, 0.1) is 84.6 Å². The van der Waals surface area contributed by atoms with Crippen LogP contribution in [0.3, 0.4) is 0 Å². The van der Waals surface area contributed by atoms with Crippen LogP contribution in [0.15, 0.2) is 156 Å². The third-order valence-electron chi connectivity index (χ3n) is 22.9. The lowest BCUT2D eigenvalue weighted by atomic mass is 9.97. The molecule has 21 nitrogen and oxygen atoms in total. The molecule has 506 valence electrons. The molecule has 15 saturated heterocycles. The lowest BCUT2D eigenvalue weighted by molar-refractivity contribution is -0.134. The molecule has 0 spiro atoms. The molecule has 31 atom stereocenters. The number of benzene rings is 4. The van der Waals surface area contributed by atoms with Crippen LogP contribution in [-0.4, -0.2) is 214 Å². The normalized spacial score (nSPS) is 45.8. The second kappa shape index (κ2) is 24.5. The number of ether oxygens (including phenoxy) is 5. The van der Waals surface area contributed by atoms with Crippen molar-refractivity contribution in [2.75, 3.05) is 32.8 Å². The number of aliphatic hydroxyl groups is 5. The molecule has 21 rings (SSSR count). The summed E-state index contributed by atoms with van der Waals surface area (Å²) in [7, 11) is -1.68. The van der Waals surface area contributed by atoms with E-state index in [1.54, 1.807) is 22.7 Å². The Bertz CT molecular complexity index is 3630. The van der Waals surface area contributed by atoms with E-state index in [9.17, 15) is 25.5 Å². The van der Waals surface area contributed by atoms with Crippen LogP contribution < -0.4 is 26.6 Å². The van der Waals surface area contributed by atoms with Gasteiger partial charge in [0.15, 0.2) is 39.8 Å². The molecule has 2 aromatic heterocycles. The highest BCUT2D eigenvalue weighted by Crippen LogP contribution is 2.60. The molecule has 0 bridgehead atoms. The average molecular weight is 1350 g/mol. The molecule has 15 fully saturated rings. The molecule has 0 amide bonds. The van der Waals surface area contributed by atoms with Crippen LogP contribution in [0.2, 0.25) is 18.1 Å². The number of nitrogens with zero attached hydrogens (tertiary/aromatic N) is 5. The molecule has 24 heteroatoms. The summed E-state index contributed by atoms with van der Waals surface area (Å²) in [5.41, 5.74) is 4.36. The molecule has 4 aromatic carbocycles. The molecule has 17 heterocycles. The summed E-state index contributed by atoms with van der Waals surface area (Å²) in [4.78, 5) is 14.1. The van der Waals surface area contributed by atoms with Crippen LogP contribution in [0.25, 0.3) is 0 Å². The van der Waals surface area contributed by atoms with E-state index in [4.69, 9.17) is 28.1 Å². The Kier molecular flexibility index (Phi) is 16.5. The Morgan fingerprint density at radius 3 is 1.66 bits per heavy atom. The molecule has 0 saturated carbocycles. The van der Waals surface area contributed by atoms with E-state index in [-0.39, 0.29) is 77.5 Å². The first-order chi connectivity index (χ1) is 46.0. The second-order valence-corrected chi connectivity index (χ2v) is 36.4. The first kappa shape index (κ1) is 64.1. The van der Waals surface area contributed by atoms with Crippen molar-refractivity contribution in [3.8, 4) is 0 Å². The van der Waals surface area contributed by atoms with Gasteiger partial charge in [0, 0.05) is 48.0 Å². The van der Waals surface area contributed by atoms with Gasteiger partial charge < -0.3 is 74.9 Å². The molecule has 15 aliphatic rings. The Morgan fingerprint density at radius 2 is 1.13 bits per heavy atom. The smallest absolute Gasteiger partial charge is 0.192 e. The van der Waals surface area contributed by atoms with Gasteiger partial charge in [-0.25, -0.2) is 0 Å². The van der Waals surface area contributed by atoms with Gasteiger partial charge in [-0.2, -0.15) is 0 Å². The number of hydrogen-bond acceptors (Lipinski definition) is 23. The lowest BCUT2D eigenvalue weighted by Crippen LogP contribution is -2.42. The van der Waals surface area contributed by atoms with Crippen molar-refractivity contribution < 1.29 is 53.6 Å². The number of fused-ring (bicyclic) bond motifs is 5. The highest BCUT2D eigenvalue weighted by molar-refractivity contribution is 7.10. The molecule has 21 unspecified atom stereocenters. The summed E-state index contributed by atoms with van der Waals surface area (Å²) in [5.74, 6) is 0. The molecule has 0 aliphatic carbocycles. The Hall–Kier alpha value is -4.34. The van der Waals surface area contributed by atoms with Gasteiger partial charge >= 0.3 is 0 Å². The maximum atomic E-state index is 10.6. The first-order valence-corrected chi connectivity index (χ1v) is 38.9. The fraction of sp³-hybridized carbons (Fsp3) is 0.549. The van der Waals surface area contributed by atoms with Crippen molar-refractivity contribution in [1.82, 2.24) is 51.1 Å². The Labute approximate surface area is 564 Å². The monoisotopic (exact) mass is 1350 g/mol. The fourth-order valence-electron chi connectivity index (χ4n) is 15.9. The molecule has 6 aromatic rings. The minimum Gasteiger partial charge on any atom is -0.415 e. The molecular weight excluding hydrogens is 1260 g/mol. The summed E-state index contributed by atoms with van der Waals surface area (Å²) in [6.45, 7) is 18.1. The van der Waals surface area contributed by atoms with E-state index in [2.05, 4.69) is 212 Å². The highest BCUT2D eigenvalue weighted by atomic mass is 32.1. The van der Waals surface area contributed by atoms with Crippen molar-refractivity contribution in [2.24, 2.45) is 0 Å². The number of nitrogens with one attached hydrogen (secondary N) is 5. The van der Waals surface area contributed by atoms with Gasteiger partial charge in [0.2, 0.25) is 0 Å². The number of hydrogen-bond donors (Lipinski definition) is 10. The van der Waals surface area contributed by atoms with E-state index in [1.165, 1.54) is 26.4 Å². The van der Waals surface area contributed by atoms with Crippen LogP contribution in [0.5, 0.6) is 0 Å². The van der Waals surface area contributed by atoms with Crippen LogP contribution >= 0.6 is 22.7 Å². The molecular formula is C71H90N10O11S2Si. The van der Waals surface area contributed by atoms with Crippen LogP contribution in [-0.2, 0) is 39.2 Å². The summed E-state index contributed by atoms with van der Waals surface area (Å²) in [6.07, 6.45) is -2.14. The van der Waals surface area contributed by atoms with Crippen LogP contribution in [0, 0.1) is 0 Å². The zero-order valence-corrected chi connectivity index (χ0v) is 57.0. The molecule has 10 N–H and O–H groups in total. The third-order valence-corrected chi connectivity index (χ3v) is 29.3. The standard InChI is InChI=1S/2C18H18N2O2.C15H30N2O3Si.C14H14N2O2S2.C6H10N2O2/c21-16-18(14-9-5-2-6-10-14)12-20(18)15(22-16)17(11-19-17)13-7-3-1-4-8-13;21-18-16-15(12-9-5-2-6-10-12)20(16)17(22-18)14-13(19-14)11-7-3-1-4-8-11;1-7-10-12-14(18)20-13(17(10)12)11-9(16-11)8-19-21(5,6)15(2,3)4;17-14-12-11(8-4-2-6-20-8)16(12)13(18-14)10-9(15-10)7-3-1-5-19-7;9-6-4-2-8(4)5(10-6)3-1-7-3/h1-10,15-16,19,21H,11-12H2;1-10,13-19,21H;9-14,16,18H,7-8H2,1-6H3;1-6,9-15,17H;3-7,9H,1-2H2/t15?,16-,17-,18?,20?;13?,14-,15?,16?,17?,18+,20?;9?,10?,11-,12?,13?,14+,17?;9?,10-,11?,12?,13?,14+,16?;3-,4?,5?,6+,8?/m10000/s1. The minimum atomic E-state index is -1.68. The van der Waals surface area contributed by atoms with Gasteiger partial charge in [0.1, 0.15) is 36.7 Å². The summed E-state index contributed by atoms with van der Waals surface area (Å²) in [5, 5.41) is 71.5. The number of aliphatic hydroxyl groups excluding tert-OH is 5. The lowest BCUT2D eigenvalue weighted by Gasteiger charge is -2.36. The predicted molar refractivity (Wildman–Crippen MR) is 359 cm³/mol. The quantitative estimate of drug-likeness (QED) is 0.0484. The summed E-state index contributed by atoms with van der Waals surface area (Å²) < 4.78 is 34.7. The third kappa shape index (κ3) is 11.8. The van der Waals surface area contributed by atoms with Crippen LogP contribution in [0.1, 0.15) is 90.3 Å². The molecule has 95 heavy (non-hydrogen) atoms. The minimum absolute atomic E-state index is 0.00537. The highest BCUT2D eigenvalue weighted by Gasteiger charge is 2.74. The van der Waals surface area contributed by atoms with Crippen molar-refractivity contribution in [3.05, 3.63) is 188 Å². The van der Waals surface area contributed by atoms with E-state index in [1.807, 2.05) is 36.4 Å². The topological polar surface area (TPSA) is 281 Å².